The number of hydrogen-bond donors (Lipinski definition) is 2. The van der Waals surface area contributed by atoms with Crippen LogP contribution in [0.1, 0.15) is 30.0 Å². The van der Waals surface area contributed by atoms with Crippen LogP contribution >= 0.6 is 0 Å². The van der Waals surface area contributed by atoms with E-state index in [-0.39, 0.29) is 18.7 Å². The quantitative estimate of drug-likeness (QED) is 0.800. The van der Waals surface area contributed by atoms with Crippen molar-refractivity contribution in [2.45, 2.75) is 25.8 Å². The molecule has 3 nitrogen and oxygen atoms in total. The summed E-state index contributed by atoms with van der Waals surface area (Å²) in [6.07, 6.45) is 0.198. The number of carbonyl (C=O) groups is 1. The molecular formula is C11H14FNO2. The Bertz CT molecular complexity index is 366. The van der Waals surface area contributed by atoms with Gasteiger partial charge in [-0.15, -0.1) is 0 Å². The smallest absolute Gasteiger partial charge is 0.303 e. The molecule has 0 saturated carbocycles. The maximum atomic E-state index is 13.4. The number of rotatable bonds is 4. The van der Waals surface area contributed by atoms with Crippen molar-refractivity contribution in [3.63, 3.8) is 0 Å². The third-order valence-corrected chi connectivity index (χ3v) is 2.22. The molecule has 1 unspecified atom stereocenters. The number of nitrogens with two attached hydrogens (primary N) is 1. The second-order valence-electron chi connectivity index (χ2n) is 3.56. The molecule has 0 fully saturated rings. The molecule has 4 heteroatoms. The van der Waals surface area contributed by atoms with E-state index in [0.717, 1.165) is 5.56 Å². The van der Waals surface area contributed by atoms with E-state index in [1.54, 1.807) is 19.1 Å². The monoisotopic (exact) mass is 211 g/mol. The van der Waals surface area contributed by atoms with Gasteiger partial charge in [-0.05, 0) is 25.0 Å². The highest BCUT2D eigenvalue weighted by Gasteiger charge is 2.12. The molecule has 1 atom stereocenters. The van der Waals surface area contributed by atoms with Crippen LogP contribution in [-0.4, -0.2) is 11.1 Å². The summed E-state index contributed by atoms with van der Waals surface area (Å²) in [7, 11) is 0. The molecular weight excluding hydrogens is 197 g/mol. The maximum Gasteiger partial charge on any atom is 0.303 e. The summed E-state index contributed by atoms with van der Waals surface area (Å²) in [5.74, 6) is -1.29. The summed E-state index contributed by atoms with van der Waals surface area (Å²) in [5.41, 5.74) is 6.89. The fourth-order valence-corrected chi connectivity index (χ4v) is 1.37. The molecule has 0 amide bonds. The van der Waals surface area contributed by atoms with Crippen LogP contribution in [-0.2, 0) is 4.79 Å². The molecule has 0 aliphatic rings. The number of carboxylic acid groups (broad SMARTS) is 1. The van der Waals surface area contributed by atoms with Crippen LogP contribution in [0.3, 0.4) is 0 Å². The van der Waals surface area contributed by atoms with Gasteiger partial charge in [-0.3, -0.25) is 4.79 Å². The van der Waals surface area contributed by atoms with Gasteiger partial charge in [-0.1, -0.05) is 12.1 Å². The molecule has 0 bridgehead atoms. The first kappa shape index (κ1) is 11.7. The SMILES string of the molecule is Cc1ccc(C(N)CCC(=O)O)c(F)c1. The van der Waals surface area contributed by atoms with E-state index in [2.05, 4.69) is 0 Å². The van der Waals surface area contributed by atoms with Gasteiger partial charge in [0.2, 0.25) is 0 Å². The van der Waals surface area contributed by atoms with Crippen LogP contribution in [0.5, 0.6) is 0 Å². The van der Waals surface area contributed by atoms with Crippen molar-refractivity contribution in [1.82, 2.24) is 0 Å². The average Bonchev–Trinajstić information content (AvgIpc) is 2.14. The predicted octanol–water partition coefficient (Wildman–Crippen LogP) is 2.00. The van der Waals surface area contributed by atoms with Gasteiger partial charge in [0.25, 0.3) is 0 Å². The van der Waals surface area contributed by atoms with E-state index in [0.29, 0.717) is 5.56 Å². The zero-order valence-corrected chi connectivity index (χ0v) is 8.53. The van der Waals surface area contributed by atoms with Crippen LogP contribution in [0.25, 0.3) is 0 Å². The Balaban J connectivity index is 2.73. The molecule has 1 aromatic carbocycles. The molecule has 0 heterocycles. The Morgan fingerprint density at radius 2 is 2.27 bits per heavy atom. The number of benzene rings is 1. The summed E-state index contributed by atoms with van der Waals surface area (Å²) < 4.78 is 13.4. The van der Waals surface area contributed by atoms with Crippen molar-refractivity contribution in [2.75, 3.05) is 0 Å². The second-order valence-corrected chi connectivity index (χ2v) is 3.56. The van der Waals surface area contributed by atoms with Gasteiger partial charge in [0, 0.05) is 18.0 Å². The van der Waals surface area contributed by atoms with E-state index in [4.69, 9.17) is 10.8 Å². The minimum Gasteiger partial charge on any atom is -0.481 e. The zero-order valence-electron chi connectivity index (χ0n) is 8.53. The Hall–Kier alpha value is -1.42. The molecule has 1 aromatic rings. The molecule has 82 valence electrons. The van der Waals surface area contributed by atoms with Crippen molar-refractivity contribution in [3.05, 3.63) is 35.1 Å². The third kappa shape index (κ3) is 3.32. The molecule has 0 spiro atoms. The van der Waals surface area contributed by atoms with Crippen molar-refractivity contribution >= 4 is 5.97 Å². The van der Waals surface area contributed by atoms with E-state index < -0.39 is 12.0 Å². The van der Waals surface area contributed by atoms with E-state index in [1.807, 2.05) is 0 Å². The first-order valence-corrected chi connectivity index (χ1v) is 4.74. The maximum absolute atomic E-state index is 13.4. The van der Waals surface area contributed by atoms with Gasteiger partial charge in [0.15, 0.2) is 0 Å². The zero-order chi connectivity index (χ0) is 11.4. The van der Waals surface area contributed by atoms with Crippen LogP contribution in [0.15, 0.2) is 18.2 Å². The standard InChI is InChI=1S/C11H14FNO2/c1-7-2-3-8(9(12)6-7)10(13)4-5-11(14)15/h2-3,6,10H,4-5,13H2,1H3,(H,14,15). The minimum atomic E-state index is -0.919. The fourth-order valence-electron chi connectivity index (χ4n) is 1.37. The first-order valence-electron chi connectivity index (χ1n) is 4.74. The van der Waals surface area contributed by atoms with Gasteiger partial charge < -0.3 is 10.8 Å². The average molecular weight is 211 g/mol. The Morgan fingerprint density at radius 3 is 2.80 bits per heavy atom. The lowest BCUT2D eigenvalue weighted by Gasteiger charge is -2.11. The summed E-state index contributed by atoms with van der Waals surface area (Å²) >= 11 is 0. The molecule has 1 rings (SSSR count). The minimum absolute atomic E-state index is 0.0471. The Labute approximate surface area is 87.7 Å². The number of aliphatic carboxylic acids is 1. The highest BCUT2D eigenvalue weighted by Crippen LogP contribution is 2.20. The van der Waals surface area contributed by atoms with Crippen LogP contribution in [0.2, 0.25) is 0 Å². The van der Waals surface area contributed by atoms with E-state index >= 15 is 0 Å². The number of carboxylic acids is 1. The topological polar surface area (TPSA) is 63.3 Å². The molecule has 0 aromatic heterocycles. The fraction of sp³-hybridized carbons (Fsp3) is 0.364. The first-order chi connectivity index (χ1) is 7.00. The van der Waals surface area contributed by atoms with Crippen molar-refractivity contribution < 1.29 is 14.3 Å². The van der Waals surface area contributed by atoms with E-state index in [1.165, 1.54) is 6.07 Å². The van der Waals surface area contributed by atoms with Gasteiger partial charge in [-0.2, -0.15) is 0 Å². The molecule has 0 radical (unpaired) electrons. The predicted molar refractivity (Wildman–Crippen MR) is 54.9 cm³/mol. The lowest BCUT2D eigenvalue weighted by molar-refractivity contribution is -0.137. The van der Waals surface area contributed by atoms with Crippen molar-refractivity contribution in [2.24, 2.45) is 5.73 Å². The van der Waals surface area contributed by atoms with Crippen LogP contribution < -0.4 is 5.73 Å². The van der Waals surface area contributed by atoms with Crippen LogP contribution in [0.4, 0.5) is 4.39 Å². The molecule has 3 N–H and O–H groups in total. The molecule has 0 saturated heterocycles. The second kappa shape index (κ2) is 4.89. The van der Waals surface area contributed by atoms with Gasteiger partial charge in [-0.25, -0.2) is 4.39 Å². The number of halogens is 1. The van der Waals surface area contributed by atoms with E-state index in [9.17, 15) is 9.18 Å². The summed E-state index contributed by atoms with van der Waals surface area (Å²) in [4.78, 5) is 10.3. The molecule has 0 aliphatic carbocycles. The highest BCUT2D eigenvalue weighted by atomic mass is 19.1. The summed E-state index contributed by atoms with van der Waals surface area (Å²) in [6, 6.07) is 4.22. The normalized spacial score (nSPS) is 12.5. The van der Waals surface area contributed by atoms with Gasteiger partial charge >= 0.3 is 5.97 Å². The lowest BCUT2D eigenvalue weighted by atomic mass is 10.0. The van der Waals surface area contributed by atoms with Crippen molar-refractivity contribution in [3.8, 4) is 0 Å². The molecule has 0 aliphatic heterocycles. The number of hydrogen-bond acceptors (Lipinski definition) is 2. The largest absolute Gasteiger partial charge is 0.481 e. The summed E-state index contributed by atoms with van der Waals surface area (Å²) in [6.45, 7) is 1.79. The molecule has 15 heavy (non-hydrogen) atoms. The van der Waals surface area contributed by atoms with Crippen molar-refractivity contribution in [1.29, 1.82) is 0 Å². The summed E-state index contributed by atoms with van der Waals surface area (Å²) in [5, 5.41) is 8.47. The number of aryl methyl sites for hydroxylation is 1. The Morgan fingerprint density at radius 1 is 1.60 bits per heavy atom. The van der Waals surface area contributed by atoms with Crippen LogP contribution in [0, 0.1) is 12.7 Å². The van der Waals surface area contributed by atoms with Gasteiger partial charge in [0.05, 0.1) is 0 Å². The highest BCUT2D eigenvalue weighted by molar-refractivity contribution is 5.66. The van der Waals surface area contributed by atoms with Gasteiger partial charge in [0.1, 0.15) is 5.82 Å². The Kier molecular flexibility index (Phi) is 3.80. The third-order valence-electron chi connectivity index (χ3n) is 2.22. The lowest BCUT2D eigenvalue weighted by Crippen LogP contribution is -2.13.